The highest BCUT2D eigenvalue weighted by Crippen LogP contribution is 2.20. The minimum absolute atomic E-state index is 0.138. The van der Waals surface area contributed by atoms with Crippen LogP contribution in [-0.4, -0.2) is 42.9 Å². The SMILES string of the molecule is C[C@H](OC(=O)CNC(=O)CNC(=O)c1ccc(Cl)cc1Cl)C(=O)Nc1cccc(Cl)c1. The maximum absolute atomic E-state index is 12.1. The van der Waals surface area contributed by atoms with E-state index in [4.69, 9.17) is 39.5 Å². The van der Waals surface area contributed by atoms with Crippen LogP contribution in [0.3, 0.4) is 0 Å². The van der Waals surface area contributed by atoms with E-state index in [1.54, 1.807) is 24.3 Å². The Morgan fingerprint density at radius 2 is 1.65 bits per heavy atom. The summed E-state index contributed by atoms with van der Waals surface area (Å²) < 4.78 is 4.97. The van der Waals surface area contributed by atoms with E-state index in [2.05, 4.69) is 16.0 Å². The van der Waals surface area contributed by atoms with Gasteiger partial charge in [-0.1, -0.05) is 40.9 Å². The molecule has 0 aromatic heterocycles. The Labute approximate surface area is 193 Å². The van der Waals surface area contributed by atoms with Crippen LogP contribution in [0.15, 0.2) is 42.5 Å². The molecule has 0 saturated carbocycles. The molecule has 31 heavy (non-hydrogen) atoms. The first kappa shape index (κ1) is 24.5. The summed E-state index contributed by atoms with van der Waals surface area (Å²) in [6.45, 7) is 0.511. The van der Waals surface area contributed by atoms with Gasteiger partial charge in [-0.2, -0.15) is 0 Å². The Morgan fingerprint density at radius 3 is 2.32 bits per heavy atom. The fraction of sp³-hybridized carbons (Fsp3) is 0.200. The van der Waals surface area contributed by atoms with Crippen LogP contribution in [0.2, 0.25) is 15.1 Å². The summed E-state index contributed by atoms with van der Waals surface area (Å²) in [6.07, 6.45) is -1.10. The zero-order valence-electron chi connectivity index (χ0n) is 16.2. The minimum atomic E-state index is -1.10. The fourth-order valence-corrected chi connectivity index (χ4v) is 2.95. The number of esters is 1. The second-order valence-electron chi connectivity index (χ2n) is 6.22. The zero-order chi connectivity index (χ0) is 23.0. The van der Waals surface area contributed by atoms with E-state index in [9.17, 15) is 19.2 Å². The Morgan fingerprint density at radius 1 is 0.935 bits per heavy atom. The summed E-state index contributed by atoms with van der Waals surface area (Å²) in [6, 6.07) is 10.8. The van der Waals surface area contributed by atoms with Crippen LogP contribution in [0.4, 0.5) is 5.69 Å². The molecule has 2 aromatic carbocycles. The molecule has 0 heterocycles. The summed E-state index contributed by atoms with van der Waals surface area (Å²) in [5.41, 5.74) is 0.600. The molecule has 8 nitrogen and oxygen atoms in total. The van der Waals surface area contributed by atoms with Gasteiger partial charge in [0.2, 0.25) is 5.91 Å². The quantitative estimate of drug-likeness (QED) is 0.496. The largest absolute Gasteiger partial charge is 0.451 e. The average Bonchev–Trinajstić information content (AvgIpc) is 2.70. The number of carbonyl (C=O) groups is 4. The molecule has 0 spiro atoms. The van der Waals surface area contributed by atoms with Gasteiger partial charge in [0.05, 0.1) is 17.1 Å². The molecular weight excluding hydrogens is 469 g/mol. The average molecular weight is 487 g/mol. The molecule has 2 rings (SSSR count). The molecule has 0 aliphatic carbocycles. The van der Waals surface area contributed by atoms with E-state index in [0.717, 1.165) is 0 Å². The molecule has 164 valence electrons. The first-order chi connectivity index (χ1) is 14.7. The van der Waals surface area contributed by atoms with Gasteiger partial charge in [-0.25, -0.2) is 0 Å². The van der Waals surface area contributed by atoms with Gasteiger partial charge in [0, 0.05) is 15.7 Å². The Balaban J connectivity index is 1.72. The van der Waals surface area contributed by atoms with Crippen molar-refractivity contribution in [2.45, 2.75) is 13.0 Å². The molecule has 0 aliphatic rings. The molecule has 3 amide bonds. The fourth-order valence-electron chi connectivity index (χ4n) is 2.27. The van der Waals surface area contributed by atoms with Crippen molar-refractivity contribution < 1.29 is 23.9 Å². The number of nitrogens with one attached hydrogen (secondary N) is 3. The first-order valence-electron chi connectivity index (χ1n) is 8.91. The van der Waals surface area contributed by atoms with Gasteiger partial charge in [-0.15, -0.1) is 0 Å². The third kappa shape index (κ3) is 8.09. The van der Waals surface area contributed by atoms with Crippen LogP contribution in [0.5, 0.6) is 0 Å². The lowest BCUT2D eigenvalue weighted by Crippen LogP contribution is -2.40. The number of hydrogen-bond acceptors (Lipinski definition) is 5. The van der Waals surface area contributed by atoms with Gasteiger partial charge >= 0.3 is 5.97 Å². The molecule has 0 saturated heterocycles. The number of carbonyl (C=O) groups excluding carboxylic acids is 4. The number of anilines is 1. The Bertz CT molecular complexity index is 1000. The van der Waals surface area contributed by atoms with E-state index in [1.807, 2.05) is 0 Å². The first-order valence-corrected chi connectivity index (χ1v) is 10.0. The zero-order valence-corrected chi connectivity index (χ0v) is 18.5. The second-order valence-corrected chi connectivity index (χ2v) is 7.50. The molecule has 0 unspecified atom stereocenters. The van der Waals surface area contributed by atoms with Crippen LogP contribution in [0.25, 0.3) is 0 Å². The maximum Gasteiger partial charge on any atom is 0.326 e. The highest BCUT2D eigenvalue weighted by Gasteiger charge is 2.19. The molecule has 0 bridgehead atoms. The third-order valence-corrected chi connectivity index (χ3v) is 4.57. The molecular formula is C20H18Cl3N3O5. The second kappa shape index (κ2) is 11.5. The van der Waals surface area contributed by atoms with E-state index in [0.29, 0.717) is 15.7 Å². The van der Waals surface area contributed by atoms with E-state index < -0.39 is 42.9 Å². The van der Waals surface area contributed by atoms with Gasteiger partial charge in [0.15, 0.2) is 6.10 Å². The molecule has 2 aromatic rings. The lowest BCUT2D eigenvalue weighted by molar-refractivity contribution is -0.152. The van der Waals surface area contributed by atoms with E-state index in [-0.39, 0.29) is 10.6 Å². The predicted octanol–water partition coefficient (Wildman–Crippen LogP) is 3.06. The third-order valence-electron chi connectivity index (χ3n) is 3.78. The van der Waals surface area contributed by atoms with Crippen LogP contribution in [-0.2, 0) is 19.1 Å². The predicted molar refractivity (Wildman–Crippen MR) is 117 cm³/mol. The summed E-state index contributed by atoms with van der Waals surface area (Å²) in [5, 5.41) is 8.15. The van der Waals surface area contributed by atoms with Crippen molar-refractivity contribution in [3.63, 3.8) is 0 Å². The normalized spacial score (nSPS) is 11.2. The molecule has 0 aliphatic heterocycles. The molecule has 3 N–H and O–H groups in total. The van der Waals surface area contributed by atoms with Crippen molar-refractivity contribution in [3.05, 3.63) is 63.1 Å². The van der Waals surface area contributed by atoms with Crippen molar-refractivity contribution in [2.24, 2.45) is 0 Å². The number of amides is 3. The van der Waals surface area contributed by atoms with Crippen molar-refractivity contribution in [1.82, 2.24) is 10.6 Å². The smallest absolute Gasteiger partial charge is 0.326 e. The topological polar surface area (TPSA) is 114 Å². The molecule has 0 fully saturated rings. The summed E-state index contributed by atoms with van der Waals surface area (Å²) >= 11 is 17.5. The summed E-state index contributed by atoms with van der Waals surface area (Å²) in [4.78, 5) is 47.8. The van der Waals surface area contributed by atoms with Crippen LogP contribution < -0.4 is 16.0 Å². The summed E-state index contributed by atoms with van der Waals surface area (Å²) in [7, 11) is 0. The lowest BCUT2D eigenvalue weighted by atomic mass is 10.2. The van der Waals surface area contributed by atoms with Gasteiger partial charge in [-0.3, -0.25) is 19.2 Å². The van der Waals surface area contributed by atoms with Gasteiger partial charge in [0.1, 0.15) is 6.54 Å². The summed E-state index contributed by atoms with van der Waals surface area (Å²) in [5.74, 6) is -2.60. The highest BCUT2D eigenvalue weighted by atomic mass is 35.5. The van der Waals surface area contributed by atoms with Crippen LogP contribution >= 0.6 is 34.8 Å². The van der Waals surface area contributed by atoms with Crippen molar-refractivity contribution in [2.75, 3.05) is 18.4 Å². The van der Waals surface area contributed by atoms with Crippen molar-refractivity contribution in [1.29, 1.82) is 0 Å². The van der Waals surface area contributed by atoms with Crippen molar-refractivity contribution >= 4 is 64.2 Å². The highest BCUT2D eigenvalue weighted by molar-refractivity contribution is 6.36. The van der Waals surface area contributed by atoms with E-state index >= 15 is 0 Å². The molecule has 0 radical (unpaired) electrons. The van der Waals surface area contributed by atoms with Crippen LogP contribution in [0.1, 0.15) is 17.3 Å². The molecule has 11 heteroatoms. The van der Waals surface area contributed by atoms with Gasteiger partial charge in [0.25, 0.3) is 11.8 Å². The number of rotatable bonds is 8. The van der Waals surface area contributed by atoms with Gasteiger partial charge < -0.3 is 20.7 Å². The Kier molecular flexibility index (Phi) is 9.11. The monoisotopic (exact) mass is 485 g/mol. The molecule has 1 atom stereocenters. The van der Waals surface area contributed by atoms with Crippen LogP contribution in [0, 0.1) is 0 Å². The van der Waals surface area contributed by atoms with E-state index in [1.165, 1.54) is 25.1 Å². The number of ether oxygens (including phenoxy) is 1. The number of benzene rings is 2. The minimum Gasteiger partial charge on any atom is -0.451 e. The van der Waals surface area contributed by atoms with Crippen molar-refractivity contribution in [3.8, 4) is 0 Å². The lowest BCUT2D eigenvalue weighted by Gasteiger charge is -2.14. The van der Waals surface area contributed by atoms with Gasteiger partial charge in [-0.05, 0) is 43.3 Å². The number of halogens is 3. The standard InChI is InChI=1S/C20H18Cl3N3O5/c1-11(19(29)26-14-4-2-3-12(21)7-14)31-18(28)10-24-17(27)9-25-20(30)15-6-5-13(22)8-16(15)23/h2-8,11H,9-10H2,1H3,(H,24,27)(H,25,30)(H,26,29)/t11-/m0/s1. The maximum atomic E-state index is 12.1. The Hall–Kier alpha value is -2.81. The number of hydrogen-bond donors (Lipinski definition) is 3.